The summed E-state index contributed by atoms with van der Waals surface area (Å²) in [6.07, 6.45) is 6.45. The first-order chi connectivity index (χ1) is 17.7. The average Bonchev–Trinajstić information content (AvgIpc) is 3.59. The maximum Gasteiger partial charge on any atom is 0.163 e. The van der Waals surface area contributed by atoms with E-state index < -0.39 is 21.2 Å². The van der Waals surface area contributed by atoms with Crippen LogP contribution in [0.5, 0.6) is 11.5 Å². The molecule has 2 aliphatic carbocycles. The van der Waals surface area contributed by atoms with Crippen LogP contribution < -0.4 is 9.47 Å². The Morgan fingerprint density at radius 3 is 2.24 bits per heavy atom. The molecule has 2 aromatic heterocycles. The number of halogens is 1. The molecule has 1 aromatic carbocycles. The summed E-state index contributed by atoms with van der Waals surface area (Å²) in [7, 11) is 0.759. The molecule has 2 aliphatic rings. The number of aromatic nitrogens is 5. The molecule has 5 rings (SSSR count). The Morgan fingerprint density at radius 2 is 1.70 bits per heavy atom. The molecule has 0 amide bonds. The van der Waals surface area contributed by atoms with E-state index >= 15 is 0 Å². The molecule has 2 atom stereocenters. The van der Waals surface area contributed by atoms with Gasteiger partial charge in [0.05, 0.1) is 24.5 Å². The van der Waals surface area contributed by atoms with Crippen molar-refractivity contribution in [1.29, 1.82) is 0 Å². The number of hydrogen-bond acceptors (Lipinski definition) is 9. The quantitative estimate of drug-likeness (QED) is 0.370. The van der Waals surface area contributed by atoms with Crippen LogP contribution in [0, 0.1) is 5.41 Å². The summed E-state index contributed by atoms with van der Waals surface area (Å²) >= 11 is 5.90. The molecule has 0 bridgehead atoms. The van der Waals surface area contributed by atoms with Crippen molar-refractivity contribution in [3.8, 4) is 17.2 Å². The van der Waals surface area contributed by atoms with E-state index in [1.807, 2.05) is 22.8 Å². The van der Waals surface area contributed by atoms with Crippen LogP contribution in [0.1, 0.15) is 62.1 Å². The third-order valence-electron chi connectivity index (χ3n) is 7.53. The highest BCUT2D eigenvalue weighted by Gasteiger charge is 2.54. The summed E-state index contributed by atoms with van der Waals surface area (Å²) in [4.78, 5) is 8.34. The fraction of sp³-hybridized carbons (Fsp3) is 0.520. The summed E-state index contributed by atoms with van der Waals surface area (Å²) in [5.41, 5.74) is 1.02. The molecule has 0 saturated heterocycles. The van der Waals surface area contributed by atoms with Gasteiger partial charge in [0.15, 0.2) is 21.5 Å². The van der Waals surface area contributed by atoms with E-state index in [0.29, 0.717) is 27.6 Å². The molecule has 2 fully saturated rings. The minimum Gasteiger partial charge on any atom is -0.494 e. The predicted molar refractivity (Wildman–Crippen MR) is 137 cm³/mol. The molecule has 2 heterocycles. The van der Waals surface area contributed by atoms with Crippen molar-refractivity contribution in [2.45, 2.75) is 55.6 Å². The van der Waals surface area contributed by atoms with Gasteiger partial charge in [0, 0.05) is 25.4 Å². The van der Waals surface area contributed by atoms with Gasteiger partial charge in [0.25, 0.3) is 0 Å². The fourth-order valence-corrected chi connectivity index (χ4v) is 6.73. The van der Waals surface area contributed by atoms with Crippen molar-refractivity contribution in [3.63, 3.8) is 0 Å². The van der Waals surface area contributed by atoms with Crippen LogP contribution in [0.2, 0.25) is 5.02 Å². The Kier molecular flexibility index (Phi) is 6.88. The van der Waals surface area contributed by atoms with Gasteiger partial charge in [-0.1, -0.05) is 17.7 Å². The zero-order chi connectivity index (χ0) is 26.4. The first-order valence-corrected chi connectivity index (χ1v) is 14.2. The van der Waals surface area contributed by atoms with E-state index in [9.17, 15) is 8.42 Å². The third-order valence-corrected chi connectivity index (χ3v) is 9.77. The van der Waals surface area contributed by atoms with Crippen LogP contribution in [0.25, 0.3) is 5.69 Å². The highest BCUT2D eigenvalue weighted by molar-refractivity contribution is 7.91. The minimum atomic E-state index is -3.81. The predicted octanol–water partition coefficient (Wildman–Crippen LogP) is 4.08. The van der Waals surface area contributed by atoms with E-state index in [0.717, 1.165) is 18.7 Å². The third kappa shape index (κ3) is 4.80. The number of rotatable bonds is 10. The van der Waals surface area contributed by atoms with Crippen LogP contribution >= 0.6 is 11.6 Å². The van der Waals surface area contributed by atoms with Crippen LogP contribution in [-0.2, 0) is 20.3 Å². The molecular formula is C25H30ClN5O5S. The van der Waals surface area contributed by atoms with Crippen LogP contribution in [0.15, 0.2) is 30.6 Å². The Labute approximate surface area is 221 Å². The van der Waals surface area contributed by atoms with E-state index in [-0.39, 0.29) is 23.3 Å². The van der Waals surface area contributed by atoms with E-state index in [2.05, 4.69) is 20.2 Å². The second-order valence-corrected chi connectivity index (χ2v) is 12.6. The molecule has 0 unspecified atom stereocenters. The Bertz CT molecular complexity index is 1360. The fourth-order valence-electron chi connectivity index (χ4n) is 5.21. The monoisotopic (exact) mass is 547 g/mol. The summed E-state index contributed by atoms with van der Waals surface area (Å²) in [5, 5.41) is 8.27. The number of benzene rings is 1. The molecule has 12 heteroatoms. The number of sulfone groups is 1. The summed E-state index contributed by atoms with van der Waals surface area (Å²) in [5.74, 6) is 2.14. The van der Waals surface area contributed by atoms with Crippen molar-refractivity contribution in [1.82, 2.24) is 24.7 Å². The molecule has 10 nitrogen and oxygen atoms in total. The highest BCUT2D eigenvalue weighted by Crippen LogP contribution is 2.66. The average molecular weight is 548 g/mol. The molecule has 37 heavy (non-hydrogen) atoms. The van der Waals surface area contributed by atoms with Gasteiger partial charge in [-0.15, -0.1) is 10.2 Å². The van der Waals surface area contributed by atoms with Crippen molar-refractivity contribution < 1.29 is 22.6 Å². The zero-order valence-corrected chi connectivity index (χ0v) is 22.8. The second kappa shape index (κ2) is 9.85. The summed E-state index contributed by atoms with van der Waals surface area (Å²) in [6, 6.07) is 5.44. The zero-order valence-electron chi connectivity index (χ0n) is 21.2. The molecule has 0 radical (unpaired) electrons. The lowest BCUT2D eigenvalue weighted by atomic mass is 9.71. The normalized spacial score (nSPS) is 18.3. The van der Waals surface area contributed by atoms with Gasteiger partial charge in [-0.3, -0.25) is 4.57 Å². The van der Waals surface area contributed by atoms with E-state index in [4.69, 9.17) is 25.8 Å². The lowest BCUT2D eigenvalue weighted by Crippen LogP contribution is -2.30. The minimum absolute atomic E-state index is 0.188. The molecule has 0 N–H and O–H groups in total. The van der Waals surface area contributed by atoms with Crippen molar-refractivity contribution in [2.24, 2.45) is 5.41 Å². The number of nitrogens with zero attached hydrogens (tertiary/aromatic N) is 5. The Morgan fingerprint density at radius 1 is 1.08 bits per heavy atom. The van der Waals surface area contributed by atoms with Gasteiger partial charge in [0.1, 0.15) is 34.9 Å². The lowest BCUT2D eigenvalue weighted by Gasteiger charge is -2.35. The smallest absolute Gasteiger partial charge is 0.163 e. The maximum atomic E-state index is 13.7. The number of methoxy groups -OCH3 is 3. The molecule has 2 saturated carbocycles. The highest BCUT2D eigenvalue weighted by atomic mass is 35.5. The second-order valence-electron chi connectivity index (χ2n) is 9.85. The molecule has 0 aliphatic heterocycles. The topological polar surface area (TPSA) is 118 Å². The molecule has 3 aromatic rings. The molecule has 198 valence electrons. The maximum absolute atomic E-state index is 13.7. The van der Waals surface area contributed by atoms with Gasteiger partial charge >= 0.3 is 0 Å². The summed E-state index contributed by atoms with van der Waals surface area (Å²) in [6.45, 7) is 1.58. The van der Waals surface area contributed by atoms with Crippen molar-refractivity contribution in [2.75, 3.05) is 21.3 Å². The van der Waals surface area contributed by atoms with Crippen molar-refractivity contribution in [3.05, 3.63) is 53.1 Å². The van der Waals surface area contributed by atoms with Gasteiger partial charge in [-0.05, 0) is 50.2 Å². The van der Waals surface area contributed by atoms with Crippen LogP contribution in [0.3, 0.4) is 0 Å². The van der Waals surface area contributed by atoms with Crippen molar-refractivity contribution >= 4 is 21.4 Å². The number of hydrogen-bond donors (Lipinski definition) is 0. The summed E-state index contributed by atoms with van der Waals surface area (Å²) < 4.78 is 46.0. The Balaban J connectivity index is 1.54. The number of para-hydroxylation sites is 1. The van der Waals surface area contributed by atoms with Crippen LogP contribution in [0.4, 0.5) is 0 Å². The van der Waals surface area contributed by atoms with Gasteiger partial charge in [-0.25, -0.2) is 18.4 Å². The largest absolute Gasteiger partial charge is 0.494 e. The lowest BCUT2D eigenvalue weighted by molar-refractivity contribution is 0.0948. The first-order valence-electron chi connectivity index (χ1n) is 12.1. The first kappa shape index (κ1) is 25.9. The number of ether oxygens (including phenoxy) is 3. The SMILES string of the molecule is COc1cccc(OC)c1-n1c(CS(=O)(=O)[C@@H](C)[C@H](OC)c2ncc(Cl)cn2)nnc1C1CC2(CC2)C1. The van der Waals surface area contributed by atoms with E-state index in [1.54, 1.807) is 21.1 Å². The van der Waals surface area contributed by atoms with Gasteiger partial charge < -0.3 is 14.2 Å². The molecular weight excluding hydrogens is 518 g/mol. The van der Waals surface area contributed by atoms with Gasteiger partial charge in [0.2, 0.25) is 0 Å². The molecule has 1 spiro atoms. The van der Waals surface area contributed by atoms with E-state index in [1.165, 1.54) is 32.3 Å². The standard InChI is InChI=1S/C25H30ClN5O5S/c1-15(22(36-4)23-27-12-17(26)13-28-23)37(32,33)14-20-29-30-24(16-10-25(11-16)8-9-25)31(20)21-18(34-2)6-5-7-19(21)35-3/h5-7,12-13,15-16,22H,8-11,14H2,1-4H3/t15-,22-/m0/s1. The van der Waals surface area contributed by atoms with Gasteiger partial charge in [-0.2, -0.15) is 0 Å². The van der Waals surface area contributed by atoms with Crippen LogP contribution in [-0.4, -0.2) is 59.7 Å². The Hall–Kier alpha value is -2.76.